The molecule has 4 heterocycles. The first-order valence-electron chi connectivity index (χ1n) is 11.2. The summed E-state index contributed by atoms with van der Waals surface area (Å²) in [5, 5.41) is 12.5. The highest BCUT2D eigenvalue weighted by Gasteiger charge is 2.40. The molecule has 1 aromatic carbocycles. The summed E-state index contributed by atoms with van der Waals surface area (Å²) in [7, 11) is 1.69. The van der Waals surface area contributed by atoms with E-state index in [0.29, 0.717) is 41.9 Å². The van der Waals surface area contributed by atoms with Gasteiger partial charge >= 0.3 is 0 Å². The number of halogens is 3. The third-order valence-electron chi connectivity index (χ3n) is 6.56. The van der Waals surface area contributed by atoms with Crippen molar-refractivity contribution in [1.29, 1.82) is 0 Å². The molecule has 0 fully saturated rings. The number of rotatable bonds is 4. The van der Waals surface area contributed by atoms with E-state index < -0.39 is 17.5 Å². The van der Waals surface area contributed by atoms with Crippen LogP contribution in [0.3, 0.4) is 0 Å². The summed E-state index contributed by atoms with van der Waals surface area (Å²) in [6, 6.07) is 4.94. The van der Waals surface area contributed by atoms with E-state index in [1.807, 2.05) is 18.7 Å². The Hall–Kier alpha value is -3.69. The summed E-state index contributed by atoms with van der Waals surface area (Å²) in [5.74, 6) is -4.14. The van der Waals surface area contributed by atoms with Gasteiger partial charge in [-0.3, -0.25) is 13.9 Å². The lowest BCUT2D eigenvalue weighted by Crippen LogP contribution is -2.47. The summed E-state index contributed by atoms with van der Waals surface area (Å²) in [6.45, 7) is 3.97. The van der Waals surface area contributed by atoms with Gasteiger partial charge in [-0.15, -0.1) is 10.2 Å². The van der Waals surface area contributed by atoms with Crippen molar-refractivity contribution < 1.29 is 18.0 Å². The lowest BCUT2D eigenvalue weighted by molar-refractivity contribution is 0.0513. The fourth-order valence-electron chi connectivity index (χ4n) is 4.97. The van der Waals surface area contributed by atoms with Gasteiger partial charge < -0.3 is 4.90 Å². The summed E-state index contributed by atoms with van der Waals surface area (Å²) >= 11 is 0. The molecule has 176 valence electrons. The quantitative estimate of drug-likeness (QED) is 0.415. The van der Waals surface area contributed by atoms with E-state index in [4.69, 9.17) is 0 Å². The van der Waals surface area contributed by atoms with Crippen molar-refractivity contribution in [1.82, 2.24) is 29.3 Å². The SMILES string of the molecule is CC[C@H]1Cc2c(nn(C)c2-c2cc(F)c(F)c(F)c2)[C@@H](CC)N1C(=O)c1ccn2cnnc2c1. The van der Waals surface area contributed by atoms with E-state index in [1.54, 1.807) is 40.8 Å². The summed E-state index contributed by atoms with van der Waals surface area (Å²) < 4.78 is 44.9. The molecular weight excluding hydrogens is 445 g/mol. The van der Waals surface area contributed by atoms with Gasteiger partial charge in [0.15, 0.2) is 23.1 Å². The fraction of sp³-hybridized carbons (Fsp3) is 0.333. The number of hydrogen-bond acceptors (Lipinski definition) is 4. The topological polar surface area (TPSA) is 68.3 Å². The van der Waals surface area contributed by atoms with Crippen LogP contribution in [-0.4, -0.2) is 41.2 Å². The number of pyridine rings is 1. The van der Waals surface area contributed by atoms with Gasteiger partial charge in [0, 0.05) is 36.0 Å². The largest absolute Gasteiger partial charge is 0.327 e. The van der Waals surface area contributed by atoms with Crippen LogP contribution in [0.4, 0.5) is 13.2 Å². The van der Waals surface area contributed by atoms with E-state index in [0.717, 1.165) is 17.7 Å². The average Bonchev–Trinajstić information content (AvgIpc) is 3.43. The van der Waals surface area contributed by atoms with Crippen LogP contribution in [0.15, 0.2) is 36.8 Å². The second kappa shape index (κ2) is 8.27. The van der Waals surface area contributed by atoms with Crippen molar-refractivity contribution in [2.75, 3.05) is 0 Å². The average molecular weight is 468 g/mol. The lowest BCUT2D eigenvalue weighted by atomic mass is 9.87. The standard InChI is InChI=1S/C24H23F3N6O/c1-4-15-11-16-22(30-31(3)23(16)14-8-17(25)21(27)18(26)9-14)19(5-2)33(15)24(34)13-6-7-32-12-28-29-20(32)10-13/h6-10,12,15,19H,4-5,11H2,1-3H3/t15-,19+/m0/s1. The summed E-state index contributed by atoms with van der Waals surface area (Å²) in [6.07, 6.45) is 5.05. The van der Waals surface area contributed by atoms with Crippen LogP contribution in [0, 0.1) is 17.5 Å². The van der Waals surface area contributed by atoms with Crippen molar-refractivity contribution >= 4 is 11.6 Å². The number of amides is 1. The molecule has 2 atom stereocenters. The zero-order chi connectivity index (χ0) is 24.1. The van der Waals surface area contributed by atoms with Gasteiger partial charge in [0.2, 0.25) is 0 Å². The molecule has 7 nitrogen and oxygen atoms in total. The van der Waals surface area contributed by atoms with E-state index in [2.05, 4.69) is 15.3 Å². The number of nitrogens with zero attached hydrogens (tertiary/aromatic N) is 6. The molecule has 0 N–H and O–H groups in total. The Bertz CT molecular complexity index is 1390. The Balaban J connectivity index is 1.60. The normalized spacial score (nSPS) is 17.9. The van der Waals surface area contributed by atoms with E-state index >= 15 is 0 Å². The molecule has 0 aliphatic carbocycles. The van der Waals surface area contributed by atoms with Crippen molar-refractivity contribution in [2.24, 2.45) is 7.05 Å². The van der Waals surface area contributed by atoms with Gasteiger partial charge in [-0.25, -0.2) is 13.2 Å². The maximum atomic E-state index is 14.0. The Morgan fingerprint density at radius 3 is 2.53 bits per heavy atom. The van der Waals surface area contributed by atoms with Crippen LogP contribution in [0.25, 0.3) is 16.9 Å². The molecule has 0 bridgehead atoms. The van der Waals surface area contributed by atoms with Gasteiger partial charge in [-0.05, 0) is 43.5 Å². The van der Waals surface area contributed by atoms with Crippen LogP contribution >= 0.6 is 0 Å². The molecule has 0 saturated carbocycles. The summed E-state index contributed by atoms with van der Waals surface area (Å²) in [4.78, 5) is 15.5. The molecule has 1 aliphatic heterocycles. The molecule has 34 heavy (non-hydrogen) atoms. The number of aryl methyl sites for hydroxylation is 1. The highest BCUT2D eigenvalue weighted by Crippen LogP contribution is 2.41. The molecule has 1 aliphatic rings. The van der Waals surface area contributed by atoms with E-state index in [-0.39, 0.29) is 23.6 Å². The first-order valence-corrected chi connectivity index (χ1v) is 11.2. The van der Waals surface area contributed by atoms with Crippen LogP contribution in [0.2, 0.25) is 0 Å². The fourth-order valence-corrected chi connectivity index (χ4v) is 4.97. The van der Waals surface area contributed by atoms with Crippen LogP contribution < -0.4 is 0 Å². The predicted molar refractivity (Wildman–Crippen MR) is 118 cm³/mol. The highest BCUT2D eigenvalue weighted by atomic mass is 19.2. The van der Waals surface area contributed by atoms with Gasteiger partial charge in [0.1, 0.15) is 6.33 Å². The monoisotopic (exact) mass is 468 g/mol. The molecule has 4 aromatic rings. The molecule has 1 amide bonds. The number of fused-ring (bicyclic) bond motifs is 2. The molecule has 0 spiro atoms. The van der Waals surface area contributed by atoms with Crippen LogP contribution in [0.5, 0.6) is 0 Å². The number of carbonyl (C=O) groups excluding carboxylic acids is 1. The molecular formula is C24H23F3N6O. The summed E-state index contributed by atoms with van der Waals surface area (Å²) in [5.41, 5.74) is 3.33. The number of aromatic nitrogens is 5. The van der Waals surface area contributed by atoms with Gasteiger partial charge in [0.25, 0.3) is 5.91 Å². The smallest absolute Gasteiger partial charge is 0.254 e. The van der Waals surface area contributed by atoms with Crippen molar-refractivity contribution in [3.8, 4) is 11.3 Å². The maximum absolute atomic E-state index is 14.0. The van der Waals surface area contributed by atoms with Crippen molar-refractivity contribution in [2.45, 2.75) is 45.2 Å². The Morgan fingerprint density at radius 1 is 1.12 bits per heavy atom. The molecule has 3 aromatic heterocycles. The van der Waals surface area contributed by atoms with E-state index in [1.165, 1.54) is 0 Å². The Labute approximate surface area is 193 Å². The predicted octanol–water partition coefficient (Wildman–Crippen LogP) is 4.48. The first-order chi connectivity index (χ1) is 16.3. The lowest BCUT2D eigenvalue weighted by Gasteiger charge is -2.41. The Kier molecular flexibility index (Phi) is 5.38. The molecule has 0 saturated heterocycles. The number of hydrogen-bond donors (Lipinski definition) is 0. The molecule has 0 radical (unpaired) electrons. The maximum Gasteiger partial charge on any atom is 0.254 e. The van der Waals surface area contributed by atoms with E-state index in [9.17, 15) is 18.0 Å². The van der Waals surface area contributed by atoms with Crippen LogP contribution in [-0.2, 0) is 13.5 Å². The molecule has 10 heteroatoms. The number of carbonyl (C=O) groups is 1. The zero-order valence-corrected chi connectivity index (χ0v) is 19.0. The molecule has 0 unspecified atom stereocenters. The minimum atomic E-state index is -1.50. The number of benzene rings is 1. The van der Waals surface area contributed by atoms with Gasteiger partial charge in [-0.2, -0.15) is 5.10 Å². The first kappa shape index (κ1) is 22.1. The van der Waals surface area contributed by atoms with Crippen molar-refractivity contribution in [3.05, 3.63) is 71.1 Å². The Morgan fingerprint density at radius 2 is 1.85 bits per heavy atom. The van der Waals surface area contributed by atoms with Crippen molar-refractivity contribution in [3.63, 3.8) is 0 Å². The minimum Gasteiger partial charge on any atom is -0.327 e. The van der Waals surface area contributed by atoms with Gasteiger partial charge in [-0.1, -0.05) is 13.8 Å². The second-order valence-electron chi connectivity index (χ2n) is 8.50. The minimum absolute atomic E-state index is 0.138. The third-order valence-corrected chi connectivity index (χ3v) is 6.56. The van der Waals surface area contributed by atoms with Gasteiger partial charge in [0.05, 0.1) is 17.4 Å². The third kappa shape index (κ3) is 3.36. The second-order valence-corrected chi connectivity index (χ2v) is 8.50. The van der Waals surface area contributed by atoms with Crippen LogP contribution in [0.1, 0.15) is 54.3 Å². The zero-order valence-electron chi connectivity index (χ0n) is 19.0. The highest BCUT2D eigenvalue weighted by molar-refractivity contribution is 5.95. The molecule has 5 rings (SSSR count).